The number of pyridine rings is 1. The van der Waals surface area contributed by atoms with E-state index in [1.165, 1.54) is 6.20 Å². The largest absolute Gasteiger partial charge is 0.490 e. The van der Waals surface area contributed by atoms with Crippen LogP contribution in [-0.4, -0.2) is 32.1 Å². The molecule has 15 heavy (non-hydrogen) atoms. The summed E-state index contributed by atoms with van der Waals surface area (Å²) in [5, 5.41) is 17.9. The second-order valence-corrected chi connectivity index (χ2v) is 2.97. The maximum absolute atomic E-state index is 8.97. The fourth-order valence-electron chi connectivity index (χ4n) is 1.19. The summed E-state index contributed by atoms with van der Waals surface area (Å²) in [5.41, 5.74) is 1.68. The number of hydrogen-bond acceptors (Lipinski definition) is 5. The van der Waals surface area contributed by atoms with Crippen molar-refractivity contribution in [3.63, 3.8) is 0 Å². The lowest BCUT2D eigenvalue weighted by molar-refractivity contribution is 0.425. The second-order valence-electron chi connectivity index (χ2n) is 2.97. The zero-order chi connectivity index (χ0) is 10.7. The van der Waals surface area contributed by atoms with E-state index in [4.69, 9.17) is 10.0 Å². The van der Waals surface area contributed by atoms with Gasteiger partial charge in [0, 0.05) is 35.8 Å². The summed E-state index contributed by atoms with van der Waals surface area (Å²) < 4.78 is 0. The van der Waals surface area contributed by atoms with Gasteiger partial charge in [-0.25, -0.2) is 0 Å². The SMILES string of the molecule is OB(O)c1cncc(-c2cnccn2)c1. The molecule has 0 fully saturated rings. The van der Waals surface area contributed by atoms with Gasteiger partial charge in [0.05, 0.1) is 11.9 Å². The predicted molar refractivity (Wildman–Crippen MR) is 55.1 cm³/mol. The molecule has 74 valence electrons. The molecule has 2 aromatic rings. The topological polar surface area (TPSA) is 79.1 Å². The zero-order valence-electron chi connectivity index (χ0n) is 7.78. The highest BCUT2D eigenvalue weighted by molar-refractivity contribution is 6.58. The van der Waals surface area contributed by atoms with E-state index in [2.05, 4.69) is 15.0 Å². The molecule has 0 bridgehead atoms. The molecule has 6 heteroatoms. The van der Waals surface area contributed by atoms with Crippen LogP contribution in [0.15, 0.2) is 37.1 Å². The molecule has 0 saturated carbocycles. The Morgan fingerprint density at radius 2 is 1.87 bits per heavy atom. The van der Waals surface area contributed by atoms with E-state index >= 15 is 0 Å². The first kappa shape index (κ1) is 9.76. The van der Waals surface area contributed by atoms with Crippen molar-refractivity contribution in [3.8, 4) is 11.3 Å². The van der Waals surface area contributed by atoms with Crippen LogP contribution in [0.4, 0.5) is 0 Å². The fraction of sp³-hybridized carbons (Fsp3) is 0. The third kappa shape index (κ3) is 2.17. The van der Waals surface area contributed by atoms with Crippen LogP contribution in [-0.2, 0) is 0 Å². The van der Waals surface area contributed by atoms with Gasteiger partial charge in [-0.05, 0) is 6.07 Å². The summed E-state index contributed by atoms with van der Waals surface area (Å²) in [6, 6.07) is 1.61. The van der Waals surface area contributed by atoms with Gasteiger partial charge < -0.3 is 10.0 Å². The minimum Gasteiger partial charge on any atom is -0.423 e. The Balaban J connectivity index is 2.42. The highest BCUT2D eigenvalue weighted by Crippen LogP contribution is 2.11. The first-order chi connectivity index (χ1) is 7.27. The van der Waals surface area contributed by atoms with E-state index < -0.39 is 7.12 Å². The van der Waals surface area contributed by atoms with Gasteiger partial charge in [0.25, 0.3) is 0 Å². The van der Waals surface area contributed by atoms with Crippen LogP contribution >= 0.6 is 0 Å². The lowest BCUT2D eigenvalue weighted by atomic mass is 9.81. The molecule has 0 aliphatic carbocycles. The Hall–Kier alpha value is -1.79. The molecule has 2 heterocycles. The molecule has 0 aromatic carbocycles. The number of hydrogen-bond donors (Lipinski definition) is 2. The summed E-state index contributed by atoms with van der Waals surface area (Å²) in [6.07, 6.45) is 7.71. The van der Waals surface area contributed by atoms with Crippen LogP contribution in [0.3, 0.4) is 0 Å². The maximum atomic E-state index is 8.97. The fourth-order valence-corrected chi connectivity index (χ4v) is 1.19. The number of rotatable bonds is 2. The maximum Gasteiger partial charge on any atom is 0.490 e. The summed E-state index contributed by atoms with van der Waals surface area (Å²) in [6.45, 7) is 0. The van der Waals surface area contributed by atoms with E-state index in [-0.39, 0.29) is 0 Å². The van der Waals surface area contributed by atoms with E-state index in [1.807, 2.05) is 0 Å². The minimum absolute atomic E-state index is 0.332. The van der Waals surface area contributed by atoms with Gasteiger partial charge in [-0.3, -0.25) is 15.0 Å². The lowest BCUT2D eigenvalue weighted by Gasteiger charge is -2.02. The smallest absolute Gasteiger partial charge is 0.423 e. The van der Waals surface area contributed by atoms with Crippen LogP contribution in [0.1, 0.15) is 0 Å². The molecule has 0 spiro atoms. The normalized spacial score (nSPS) is 10.0. The van der Waals surface area contributed by atoms with Crippen LogP contribution in [0, 0.1) is 0 Å². The van der Waals surface area contributed by atoms with Gasteiger partial charge in [-0.2, -0.15) is 0 Å². The van der Waals surface area contributed by atoms with Gasteiger partial charge in [0.15, 0.2) is 0 Å². The molecule has 0 amide bonds. The van der Waals surface area contributed by atoms with Crippen molar-refractivity contribution in [1.29, 1.82) is 0 Å². The number of aromatic nitrogens is 3. The van der Waals surface area contributed by atoms with Crippen LogP contribution < -0.4 is 5.46 Å². The van der Waals surface area contributed by atoms with E-state index in [0.29, 0.717) is 16.7 Å². The van der Waals surface area contributed by atoms with Gasteiger partial charge in [-0.15, -0.1) is 0 Å². The first-order valence-corrected chi connectivity index (χ1v) is 4.35. The van der Waals surface area contributed by atoms with Crippen molar-refractivity contribution < 1.29 is 10.0 Å². The molecule has 2 N–H and O–H groups in total. The Bertz CT molecular complexity index is 450. The average molecular weight is 201 g/mol. The van der Waals surface area contributed by atoms with E-state index in [1.54, 1.807) is 30.9 Å². The quantitative estimate of drug-likeness (QED) is 0.623. The Labute approximate surface area is 86.6 Å². The second kappa shape index (κ2) is 4.16. The summed E-state index contributed by atoms with van der Waals surface area (Å²) in [5.74, 6) is 0. The van der Waals surface area contributed by atoms with Crippen molar-refractivity contribution >= 4 is 12.6 Å². The molecule has 0 aliphatic heterocycles. The molecule has 0 radical (unpaired) electrons. The predicted octanol–water partition coefficient (Wildman–Crippen LogP) is -0.782. The molecule has 0 saturated heterocycles. The Morgan fingerprint density at radius 1 is 1.00 bits per heavy atom. The van der Waals surface area contributed by atoms with Gasteiger partial charge in [0.1, 0.15) is 0 Å². The van der Waals surface area contributed by atoms with Crippen molar-refractivity contribution in [2.24, 2.45) is 0 Å². The molecule has 2 rings (SSSR count). The molecule has 0 atom stereocenters. The standard InChI is InChI=1S/C9H8BN3O2/c14-10(15)8-3-7(4-12-5-8)9-6-11-1-2-13-9/h1-6,14-15H. The summed E-state index contributed by atoms with van der Waals surface area (Å²) >= 11 is 0. The summed E-state index contributed by atoms with van der Waals surface area (Å²) in [7, 11) is -1.52. The minimum atomic E-state index is -1.52. The highest BCUT2D eigenvalue weighted by Gasteiger charge is 2.12. The van der Waals surface area contributed by atoms with Gasteiger partial charge in [-0.1, -0.05) is 0 Å². The molecule has 5 nitrogen and oxygen atoms in total. The molecular weight excluding hydrogens is 193 g/mol. The molecular formula is C9H8BN3O2. The van der Waals surface area contributed by atoms with Crippen LogP contribution in [0.25, 0.3) is 11.3 Å². The third-order valence-corrected chi connectivity index (χ3v) is 1.92. The third-order valence-electron chi connectivity index (χ3n) is 1.92. The van der Waals surface area contributed by atoms with Crippen molar-refractivity contribution in [2.45, 2.75) is 0 Å². The lowest BCUT2D eigenvalue weighted by Crippen LogP contribution is -2.30. The molecule has 0 aliphatic rings. The monoisotopic (exact) mass is 201 g/mol. The van der Waals surface area contributed by atoms with Crippen LogP contribution in [0.2, 0.25) is 0 Å². The number of nitrogens with zero attached hydrogens (tertiary/aromatic N) is 3. The van der Waals surface area contributed by atoms with Crippen molar-refractivity contribution in [2.75, 3.05) is 0 Å². The Kier molecular flexibility index (Phi) is 2.71. The highest BCUT2D eigenvalue weighted by atomic mass is 16.4. The van der Waals surface area contributed by atoms with Crippen LogP contribution in [0.5, 0.6) is 0 Å². The van der Waals surface area contributed by atoms with E-state index in [9.17, 15) is 0 Å². The zero-order valence-corrected chi connectivity index (χ0v) is 7.78. The van der Waals surface area contributed by atoms with Crippen molar-refractivity contribution in [3.05, 3.63) is 37.1 Å². The van der Waals surface area contributed by atoms with E-state index in [0.717, 1.165) is 0 Å². The van der Waals surface area contributed by atoms with Gasteiger partial charge in [0.2, 0.25) is 0 Å². The first-order valence-electron chi connectivity index (χ1n) is 4.35. The van der Waals surface area contributed by atoms with Gasteiger partial charge >= 0.3 is 7.12 Å². The van der Waals surface area contributed by atoms with Crippen molar-refractivity contribution in [1.82, 2.24) is 15.0 Å². The summed E-state index contributed by atoms with van der Waals surface area (Å²) in [4.78, 5) is 11.9. The average Bonchev–Trinajstić information content (AvgIpc) is 2.30. The molecule has 0 unspecified atom stereocenters. The molecule has 2 aromatic heterocycles. The Morgan fingerprint density at radius 3 is 2.53 bits per heavy atom.